The lowest BCUT2D eigenvalue weighted by atomic mass is 10.1. The average molecular weight is 267 g/mol. The summed E-state index contributed by atoms with van der Waals surface area (Å²) in [7, 11) is 0. The van der Waals surface area contributed by atoms with Gasteiger partial charge in [0.25, 0.3) is 5.91 Å². The number of nitrogens with zero attached hydrogens (tertiary/aromatic N) is 1. The van der Waals surface area contributed by atoms with Gasteiger partial charge in [-0.15, -0.1) is 0 Å². The standard InChI is InChI=1S/C13H21N3O3/c1-2-7-16(8-9-3-4-9)11(17)6-5-10-12(18)15-13(19)14-10/h9-10H,2-8H2,1H3,(H2,14,15,18,19)/t10-/m0/s1. The fourth-order valence-corrected chi connectivity index (χ4v) is 2.29. The molecule has 0 radical (unpaired) electrons. The maximum absolute atomic E-state index is 12.1. The third kappa shape index (κ3) is 3.94. The predicted octanol–water partition coefficient (Wildman–Crippen LogP) is 0.623. The molecular weight excluding hydrogens is 246 g/mol. The quantitative estimate of drug-likeness (QED) is 0.664. The van der Waals surface area contributed by atoms with Crippen molar-refractivity contribution in [3.8, 4) is 0 Å². The first kappa shape index (κ1) is 13.8. The minimum absolute atomic E-state index is 0.0858. The van der Waals surface area contributed by atoms with E-state index in [1.165, 1.54) is 12.8 Å². The second kappa shape index (κ2) is 6.04. The molecule has 0 spiro atoms. The monoisotopic (exact) mass is 267 g/mol. The van der Waals surface area contributed by atoms with Crippen molar-refractivity contribution in [3.63, 3.8) is 0 Å². The summed E-state index contributed by atoms with van der Waals surface area (Å²) in [6.07, 6.45) is 4.06. The molecular formula is C13H21N3O3. The van der Waals surface area contributed by atoms with Crippen molar-refractivity contribution in [2.45, 2.75) is 45.1 Å². The van der Waals surface area contributed by atoms with Crippen molar-refractivity contribution in [2.24, 2.45) is 5.92 Å². The highest BCUT2D eigenvalue weighted by molar-refractivity contribution is 6.04. The third-order valence-corrected chi connectivity index (χ3v) is 3.53. The Kier molecular flexibility index (Phi) is 4.39. The number of carbonyl (C=O) groups excluding carboxylic acids is 3. The SMILES string of the molecule is CCCN(CC1CC1)C(=O)CC[C@@H]1NC(=O)NC1=O. The van der Waals surface area contributed by atoms with E-state index in [0.717, 1.165) is 19.5 Å². The molecule has 2 aliphatic rings. The van der Waals surface area contributed by atoms with Crippen LogP contribution in [0.15, 0.2) is 0 Å². The molecule has 0 aromatic heterocycles. The van der Waals surface area contributed by atoms with Gasteiger partial charge in [0.05, 0.1) is 0 Å². The first-order valence-corrected chi connectivity index (χ1v) is 6.99. The zero-order valence-electron chi connectivity index (χ0n) is 11.3. The van der Waals surface area contributed by atoms with E-state index in [2.05, 4.69) is 17.6 Å². The lowest BCUT2D eigenvalue weighted by Gasteiger charge is -2.22. The molecule has 1 heterocycles. The van der Waals surface area contributed by atoms with E-state index in [1.54, 1.807) is 0 Å². The van der Waals surface area contributed by atoms with Crippen LogP contribution in [0.25, 0.3) is 0 Å². The van der Waals surface area contributed by atoms with Crippen molar-refractivity contribution >= 4 is 17.8 Å². The lowest BCUT2D eigenvalue weighted by molar-refractivity contribution is -0.131. The molecule has 1 aliphatic heterocycles. The smallest absolute Gasteiger partial charge is 0.322 e. The van der Waals surface area contributed by atoms with Crippen LogP contribution < -0.4 is 10.6 Å². The number of amides is 4. The van der Waals surface area contributed by atoms with E-state index >= 15 is 0 Å². The first-order chi connectivity index (χ1) is 9.10. The molecule has 0 bridgehead atoms. The van der Waals surface area contributed by atoms with E-state index < -0.39 is 12.1 Å². The van der Waals surface area contributed by atoms with E-state index in [0.29, 0.717) is 18.8 Å². The van der Waals surface area contributed by atoms with Crippen molar-refractivity contribution < 1.29 is 14.4 Å². The number of imide groups is 1. The van der Waals surface area contributed by atoms with Crippen LogP contribution in [0.3, 0.4) is 0 Å². The van der Waals surface area contributed by atoms with Gasteiger partial charge < -0.3 is 10.2 Å². The average Bonchev–Trinajstić information content (AvgIpc) is 3.11. The van der Waals surface area contributed by atoms with Crippen LogP contribution in [0.5, 0.6) is 0 Å². The van der Waals surface area contributed by atoms with Crippen LogP contribution in [0.1, 0.15) is 39.0 Å². The Morgan fingerprint density at radius 2 is 2.11 bits per heavy atom. The van der Waals surface area contributed by atoms with Gasteiger partial charge in [-0.1, -0.05) is 6.92 Å². The number of nitrogens with one attached hydrogen (secondary N) is 2. The molecule has 0 aromatic rings. The number of rotatable bonds is 7. The van der Waals surface area contributed by atoms with Gasteiger partial charge in [-0.25, -0.2) is 4.79 Å². The second-order valence-corrected chi connectivity index (χ2v) is 5.34. The molecule has 2 fully saturated rings. The van der Waals surface area contributed by atoms with Gasteiger partial charge in [0, 0.05) is 19.5 Å². The Balaban J connectivity index is 1.77. The summed E-state index contributed by atoms with van der Waals surface area (Å²) >= 11 is 0. The molecule has 1 atom stereocenters. The summed E-state index contributed by atoms with van der Waals surface area (Å²) in [6, 6.07) is -1.02. The molecule has 1 saturated carbocycles. The Morgan fingerprint density at radius 1 is 1.37 bits per heavy atom. The molecule has 4 amide bonds. The van der Waals surface area contributed by atoms with E-state index in [9.17, 15) is 14.4 Å². The van der Waals surface area contributed by atoms with Gasteiger partial charge in [-0.3, -0.25) is 14.9 Å². The molecule has 2 N–H and O–H groups in total. The highest BCUT2D eigenvalue weighted by atomic mass is 16.2. The molecule has 106 valence electrons. The van der Waals surface area contributed by atoms with Crippen LogP contribution in [-0.2, 0) is 9.59 Å². The van der Waals surface area contributed by atoms with Crippen LogP contribution in [0.4, 0.5) is 4.79 Å². The van der Waals surface area contributed by atoms with Crippen molar-refractivity contribution in [1.82, 2.24) is 15.5 Å². The molecule has 1 saturated heterocycles. The highest BCUT2D eigenvalue weighted by Gasteiger charge is 2.31. The Morgan fingerprint density at radius 3 is 2.63 bits per heavy atom. The zero-order chi connectivity index (χ0) is 13.8. The summed E-state index contributed by atoms with van der Waals surface area (Å²) < 4.78 is 0. The predicted molar refractivity (Wildman–Crippen MR) is 69.3 cm³/mol. The van der Waals surface area contributed by atoms with Gasteiger partial charge in [-0.05, 0) is 31.6 Å². The number of carbonyl (C=O) groups is 3. The first-order valence-electron chi connectivity index (χ1n) is 6.99. The lowest BCUT2D eigenvalue weighted by Crippen LogP contribution is -2.36. The van der Waals surface area contributed by atoms with E-state index in [1.807, 2.05) is 4.90 Å². The minimum Gasteiger partial charge on any atom is -0.342 e. The van der Waals surface area contributed by atoms with Gasteiger partial charge in [0.15, 0.2) is 0 Å². The van der Waals surface area contributed by atoms with Crippen LogP contribution >= 0.6 is 0 Å². The molecule has 1 aliphatic carbocycles. The van der Waals surface area contributed by atoms with Crippen molar-refractivity contribution in [3.05, 3.63) is 0 Å². The Hall–Kier alpha value is -1.59. The van der Waals surface area contributed by atoms with Gasteiger partial charge in [0.2, 0.25) is 5.91 Å². The number of urea groups is 1. The molecule has 2 rings (SSSR count). The largest absolute Gasteiger partial charge is 0.342 e. The summed E-state index contributed by atoms with van der Waals surface area (Å²) in [5.41, 5.74) is 0. The van der Waals surface area contributed by atoms with Crippen molar-refractivity contribution in [1.29, 1.82) is 0 Å². The van der Waals surface area contributed by atoms with Gasteiger partial charge in [0.1, 0.15) is 6.04 Å². The molecule has 0 aromatic carbocycles. The maximum atomic E-state index is 12.1. The summed E-state index contributed by atoms with van der Waals surface area (Å²) in [5, 5.41) is 4.69. The Bertz CT molecular complexity index is 379. The second-order valence-electron chi connectivity index (χ2n) is 5.34. The maximum Gasteiger partial charge on any atom is 0.322 e. The Labute approximate surface area is 112 Å². The molecule has 6 nitrogen and oxygen atoms in total. The van der Waals surface area contributed by atoms with Gasteiger partial charge in [-0.2, -0.15) is 0 Å². The number of hydrogen-bond donors (Lipinski definition) is 2. The summed E-state index contributed by atoms with van der Waals surface area (Å²) in [6.45, 7) is 3.67. The normalized spacial score (nSPS) is 22.1. The van der Waals surface area contributed by atoms with Crippen molar-refractivity contribution in [2.75, 3.05) is 13.1 Å². The summed E-state index contributed by atoms with van der Waals surface area (Å²) in [4.78, 5) is 36.3. The topological polar surface area (TPSA) is 78.5 Å². The minimum atomic E-state index is -0.555. The third-order valence-electron chi connectivity index (χ3n) is 3.53. The summed E-state index contributed by atoms with van der Waals surface area (Å²) in [5.74, 6) is 0.426. The fourth-order valence-electron chi connectivity index (χ4n) is 2.29. The van der Waals surface area contributed by atoms with Gasteiger partial charge >= 0.3 is 6.03 Å². The zero-order valence-corrected chi connectivity index (χ0v) is 11.3. The highest BCUT2D eigenvalue weighted by Crippen LogP contribution is 2.30. The van der Waals surface area contributed by atoms with E-state index in [4.69, 9.17) is 0 Å². The van der Waals surface area contributed by atoms with Crippen LogP contribution in [0, 0.1) is 5.92 Å². The molecule has 19 heavy (non-hydrogen) atoms. The number of hydrogen-bond acceptors (Lipinski definition) is 3. The fraction of sp³-hybridized carbons (Fsp3) is 0.769. The molecule has 0 unspecified atom stereocenters. The molecule has 6 heteroatoms. The van der Waals surface area contributed by atoms with E-state index in [-0.39, 0.29) is 11.8 Å². The van der Waals surface area contributed by atoms with Crippen LogP contribution in [-0.4, -0.2) is 41.9 Å². The van der Waals surface area contributed by atoms with Crippen LogP contribution in [0.2, 0.25) is 0 Å².